The predicted molar refractivity (Wildman–Crippen MR) is 112 cm³/mol. The van der Waals surface area contributed by atoms with Crippen molar-refractivity contribution in [3.63, 3.8) is 0 Å². The van der Waals surface area contributed by atoms with E-state index in [4.69, 9.17) is 5.73 Å². The van der Waals surface area contributed by atoms with Gasteiger partial charge in [0.1, 0.15) is 0 Å². The van der Waals surface area contributed by atoms with Crippen LogP contribution in [0.2, 0.25) is 0 Å². The molecule has 2 aromatic rings. The van der Waals surface area contributed by atoms with E-state index >= 15 is 0 Å². The molecule has 1 unspecified atom stereocenters. The van der Waals surface area contributed by atoms with E-state index in [1.54, 1.807) is 0 Å². The number of H-pyrrole nitrogens is 1. The van der Waals surface area contributed by atoms with Gasteiger partial charge in [-0.3, -0.25) is 9.89 Å². The fraction of sp³-hybridized carbons (Fsp3) is 0.636. The van der Waals surface area contributed by atoms with Crippen molar-refractivity contribution in [2.24, 2.45) is 5.73 Å². The Kier molecular flexibility index (Phi) is 5.97. The van der Waals surface area contributed by atoms with Crippen LogP contribution in [0.15, 0.2) is 18.3 Å². The number of carbonyl (C=O) groups excluding carboxylic acids is 1. The molecule has 1 amide bonds. The highest BCUT2D eigenvalue weighted by Gasteiger charge is 2.29. The van der Waals surface area contributed by atoms with Gasteiger partial charge in [-0.15, -0.1) is 0 Å². The van der Waals surface area contributed by atoms with Crippen LogP contribution in [0.1, 0.15) is 50.2 Å². The molecule has 28 heavy (non-hydrogen) atoms. The van der Waals surface area contributed by atoms with E-state index in [2.05, 4.69) is 34.2 Å². The first-order chi connectivity index (χ1) is 13.7. The van der Waals surface area contributed by atoms with Crippen molar-refractivity contribution in [3.8, 4) is 0 Å². The fourth-order valence-corrected chi connectivity index (χ4v) is 4.91. The first-order valence-corrected chi connectivity index (χ1v) is 10.9. The lowest BCUT2D eigenvalue weighted by Crippen LogP contribution is -2.52. The number of benzene rings is 1. The lowest BCUT2D eigenvalue weighted by Gasteiger charge is -2.40. The number of nitrogens with two attached hydrogens (primary N) is 1. The summed E-state index contributed by atoms with van der Waals surface area (Å²) in [5, 5.41) is 8.31. The Morgan fingerprint density at radius 1 is 1.21 bits per heavy atom. The number of hydrogen-bond donors (Lipinski definition) is 2. The summed E-state index contributed by atoms with van der Waals surface area (Å²) >= 11 is 0. The number of aromatic nitrogens is 2. The smallest absolute Gasteiger partial charge is 0.239 e. The van der Waals surface area contributed by atoms with E-state index < -0.39 is 6.04 Å². The second-order valence-electron chi connectivity index (χ2n) is 8.41. The molecule has 3 heterocycles. The lowest BCUT2D eigenvalue weighted by molar-refractivity contribution is -0.134. The van der Waals surface area contributed by atoms with E-state index in [9.17, 15) is 4.79 Å². The van der Waals surface area contributed by atoms with E-state index in [-0.39, 0.29) is 5.91 Å². The summed E-state index contributed by atoms with van der Waals surface area (Å²) in [7, 11) is 0. The van der Waals surface area contributed by atoms with E-state index in [0.717, 1.165) is 48.8 Å². The molecule has 0 spiro atoms. The van der Waals surface area contributed by atoms with E-state index in [1.807, 2.05) is 11.1 Å². The maximum atomic E-state index is 12.9. The van der Waals surface area contributed by atoms with Crippen LogP contribution in [0.5, 0.6) is 0 Å². The van der Waals surface area contributed by atoms with Crippen LogP contribution in [0, 0.1) is 0 Å². The third kappa shape index (κ3) is 4.08. The first-order valence-electron chi connectivity index (χ1n) is 10.9. The minimum absolute atomic E-state index is 0.0995. The molecule has 1 atom stereocenters. The summed E-state index contributed by atoms with van der Waals surface area (Å²) in [6.45, 7) is 6.28. The Morgan fingerprint density at radius 3 is 2.68 bits per heavy atom. The molecule has 0 bridgehead atoms. The third-order valence-corrected chi connectivity index (χ3v) is 6.53. The molecule has 3 N–H and O–H groups in total. The van der Waals surface area contributed by atoms with Gasteiger partial charge in [-0.25, -0.2) is 0 Å². The van der Waals surface area contributed by atoms with Gasteiger partial charge in [0.15, 0.2) is 0 Å². The van der Waals surface area contributed by atoms with E-state index in [0.29, 0.717) is 12.5 Å². The molecule has 0 saturated carbocycles. The summed E-state index contributed by atoms with van der Waals surface area (Å²) in [5.74, 6) is 0.0995. The fourth-order valence-electron chi connectivity index (χ4n) is 4.91. The molecule has 6 heteroatoms. The van der Waals surface area contributed by atoms with Crippen molar-refractivity contribution in [2.75, 3.05) is 26.2 Å². The SMILES string of the molecule is CCc1cc(CC(N)C(=O)N2CCC(N3CCCCC3)CC2)cc2cn[nH]c12. The molecule has 1 aromatic heterocycles. The van der Waals surface area contributed by atoms with Crippen molar-refractivity contribution in [1.29, 1.82) is 0 Å². The van der Waals surface area contributed by atoms with Crippen LogP contribution in [0.4, 0.5) is 0 Å². The van der Waals surface area contributed by atoms with Gasteiger partial charge >= 0.3 is 0 Å². The van der Waals surface area contributed by atoms with Crippen LogP contribution in [-0.2, 0) is 17.6 Å². The molecule has 2 fully saturated rings. The van der Waals surface area contributed by atoms with Crippen LogP contribution in [0.25, 0.3) is 10.9 Å². The zero-order valence-corrected chi connectivity index (χ0v) is 17.0. The van der Waals surface area contributed by atoms with Gasteiger partial charge in [0.25, 0.3) is 0 Å². The van der Waals surface area contributed by atoms with Crippen molar-refractivity contribution in [1.82, 2.24) is 20.0 Å². The van der Waals surface area contributed by atoms with Crippen LogP contribution in [0.3, 0.4) is 0 Å². The molecule has 2 saturated heterocycles. The van der Waals surface area contributed by atoms with Crippen molar-refractivity contribution < 1.29 is 4.79 Å². The highest BCUT2D eigenvalue weighted by molar-refractivity contribution is 5.84. The monoisotopic (exact) mass is 383 g/mol. The Bertz CT molecular complexity index is 802. The summed E-state index contributed by atoms with van der Waals surface area (Å²) in [6.07, 6.45) is 9.54. The van der Waals surface area contributed by atoms with Gasteiger partial charge in [0.2, 0.25) is 5.91 Å². The first kappa shape index (κ1) is 19.4. The number of rotatable bonds is 5. The second-order valence-corrected chi connectivity index (χ2v) is 8.41. The van der Waals surface area contributed by atoms with Crippen molar-refractivity contribution in [2.45, 2.75) is 64.0 Å². The summed E-state index contributed by atoms with van der Waals surface area (Å²) < 4.78 is 0. The Hall–Kier alpha value is -1.92. The van der Waals surface area contributed by atoms with Gasteiger partial charge in [-0.05, 0) is 68.8 Å². The second kappa shape index (κ2) is 8.62. The summed E-state index contributed by atoms with van der Waals surface area (Å²) in [5.41, 5.74) is 9.78. The standard InChI is InChI=1S/C22H33N5O/c1-2-17-12-16(13-18-15-24-25-21(17)18)14-20(23)22(28)27-10-6-19(7-11-27)26-8-4-3-5-9-26/h12-13,15,19-20H,2-11,14,23H2,1H3,(H,24,25). The Balaban J connectivity index is 1.35. The number of nitrogens with zero attached hydrogens (tertiary/aromatic N) is 3. The molecule has 6 nitrogen and oxygen atoms in total. The average molecular weight is 384 g/mol. The molecule has 4 rings (SSSR count). The third-order valence-electron chi connectivity index (χ3n) is 6.53. The minimum atomic E-state index is -0.472. The number of amides is 1. The number of likely N-dealkylation sites (tertiary alicyclic amines) is 2. The average Bonchev–Trinajstić information content (AvgIpc) is 3.22. The number of nitrogens with one attached hydrogen (secondary N) is 1. The molecule has 2 aliphatic rings. The van der Waals surface area contributed by atoms with Crippen LogP contribution in [-0.4, -0.2) is 64.2 Å². The number of piperidine rings is 2. The molecule has 1 aromatic carbocycles. The molecular formula is C22H33N5O. The molecule has 0 aliphatic carbocycles. The Labute approximate surface area is 167 Å². The predicted octanol–water partition coefficient (Wildman–Crippen LogP) is 2.47. The van der Waals surface area contributed by atoms with Crippen molar-refractivity contribution in [3.05, 3.63) is 29.5 Å². The number of fused-ring (bicyclic) bond motifs is 1. The Morgan fingerprint density at radius 2 is 1.96 bits per heavy atom. The molecular weight excluding hydrogens is 350 g/mol. The lowest BCUT2D eigenvalue weighted by atomic mass is 9.97. The molecule has 0 radical (unpaired) electrons. The quantitative estimate of drug-likeness (QED) is 0.831. The number of carbonyl (C=O) groups is 1. The van der Waals surface area contributed by atoms with Gasteiger partial charge in [0.05, 0.1) is 17.8 Å². The van der Waals surface area contributed by atoms with Crippen LogP contribution >= 0.6 is 0 Å². The molecule has 2 aliphatic heterocycles. The normalized spacial score (nSPS) is 20.6. The minimum Gasteiger partial charge on any atom is -0.341 e. The maximum Gasteiger partial charge on any atom is 0.239 e. The number of hydrogen-bond acceptors (Lipinski definition) is 4. The van der Waals surface area contributed by atoms with Gasteiger partial charge < -0.3 is 15.5 Å². The van der Waals surface area contributed by atoms with Gasteiger partial charge in [0, 0.05) is 24.5 Å². The van der Waals surface area contributed by atoms with Crippen LogP contribution < -0.4 is 5.73 Å². The topological polar surface area (TPSA) is 78.2 Å². The van der Waals surface area contributed by atoms with Gasteiger partial charge in [-0.2, -0.15) is 5.10 Å². The van der Waals surface area contributed by atoms with Gasteiger partial charge in [-0.1, -0.05) is 19.4 Å². The number of aromatic amines is 1. The highest BCUT2D eigenvalue weighted by Crippen LogP contribution is 2.23. The summed E-state index contributed by atoms with van der Waals surface area (Å²) in [4.78, 5) is 17.5. The number of aryl methyl sites for hydroxylation is 1. The highest BCUT2D eigenvalue weighted by atomic mass is 16.2. The zero-order chi connectivity index (χ0) is 19.5. The largest absolute Gasteiger partial charge is 0.341 e. The van der Waals surface area contributed by atoms with Crippen molar-refractivity contribution >= 4 is 16.8 Å². The van der Waals surface area contributed by atoms with E-state index in [1.165, 1.54) is 37.9 Å². The molecule has 152 valence electrons. The zero-order valence-electron chi connectivity index (χ0n) is 17.0. The maximum absolute atomic E-state index is 12.9. The summed E-state index contributed by atoms with van der Waals surface area (Å²) in [6, 6.07) is 4.45.